The van der Waals surface area contributed by atoms with Crippen LogP contribution in [0.25, 0.3) is 0 Å². The molecule has 2 rings (SSSR count). The quantitative estimate of drug-likeness (QED) is 0.903. The van der Waals surface area contributed by atoms with Crippen molar-refractivity contribution >= 4 is 0 Å². The van der Waals surface area contributed by atoms with Gasteiger partial charge in [-0.1, -0.05) is 37.6 Å². The summed E-state index contributed by atoms with van der Waals surface area (Å²) in [5.74, 6) is 1.61. The van der Waals surface area contributed by atoms with Crippen LogP contribution in [-0.4, -0.2) is 31.1 Å². The zero-order valence-corrected chi connectivity index (χ0v) is 14.6. The first-order valence-electron chi connectivity index (χ1n) is 8.40. The highest BCUT2D eigenvalue weighted by Gasteiger charge is 2.30. The molecule has 0 aromatic heterocycles. The van der Waals surface area contributed by atoms with E-state index in [0.717, 1.165) is 18.4 Å². The normalized spacial score (nSPS) is 28.6. The molecular weight excluding hydrogens is 256 g/mol. The summed E-state index contributed by atoms with van der Waals surface area (Å²) in [6.45, 7) is 13.9. The fourth-order valence-corrected chi connectivity index (χ4v) is 3.79. The Morgan fingerprint density at radius 2 is 1.95 bits per heavy atom. The van der Waals surface area contributed by atoms with Crippen LogP contribution in [0.5, 0.6) is 0 Å². The van der Waals surface area contributed by atoms with E-state index in [1.807, 2.05) is 0 Å². The van der Waals surface area contributed by atoms with Gasteiger partial charge >= 0.3 is 0 Å². The Bertz CT molecular complexity index is 469. The topological polar surface area (TPSA) is 15.3 Å². The summed E-state index contributed by atoms with van der Waals surface area (Å²) in [6.07, 6.45) is 1.37. The van der Waals surface area contributed by atoms with Crippen molar-refractivity contribution in [3.63, 3.8) is 0 Å². The number of hydrogen-bond donors (Lipinski definition) is 1. The van der Waals surface area contributed by atoms with E-state index in [9.17, 15) is 0 Å². The smallest absolute Gasteiger partial charge is 0.0449 e. The lowest BCUT2D eigenvalue weighted by Gasteiger charge is -2.42. The van der Waals surface area contributed by atoms with Crippen LogP contribution >= 0.6 is 0 Å². The summed E-state index contributed by atoms with van der Waals surface area (Å²) in [7, 11) is 2.09. The van der Waals surface area contributed by atoms with Crippen LogP contribution in [-0.2, 0) is 0 Å². The summed E-state index contributed by atoms with van der Waals surface area (Å²) in [6, 6.07) is 7.91. The van der Waals surface area contributed by atoms with Gasteiger partial charge in [0, 0.05) is 25.2 Å². The van der Waals surface area contributed by atoms with Crippen LogP contribution in [0.15, 0.2) is 18.2 Å². The third-order valence-electron chi connectivity index (χ3n) is 5.30. The van der Waals surface area contributed by atoms with Gasteiger partial charge in [-0.15, -0.1) is 0 Å². The minimum atomic E-state index is 0.421. The largest absolute Gasteiger partial charge is 0.312 e. The van der Waals surface area contributed by atoms with Crippen molar-refractivity contribution in [1.82, 2.24) is 10.2 Å². The van der Waals surface area contributed by atoms with Gasteiger partial charge in [-0.25, -0.2) is 0 Å². The third-order valence-corrected chi connectivity index (χ3v) is 5.30. The van der Waals surface area contributed by atoms with E-state index in [1.54, 1.807) is 0 Å². The highest BCUT2D eigenvalue weighted by Crippen LogP contribution is 2.29. The molecule has 0 spiro atoms. The molecule has 0 bridgehead atoms. The van der Waals surface area contributed by atoms with E-state index in [2.05, 4.69) is 70.1 Å². The predicted octanol–water partition coefficient (Wildman–Crippen LogP) is 3.93. The highest BCUT2D eigenvalue weighted by molar-refractivity contribution is 5.33. The number of nitrogens with one attached hydrogen (secondary N) is 1. The maximum Gasteiger partial charge on any atom is 0.0449 e. The summed E-state index contributed by atoms with van der Waals surface area (Å²) in [5.41, 5.74) is 4.20. The molecule has 0 amide bonds. The first kappa shape index (κ1) is 16.5. The molecule has 0 aliphatic carbocycles. The molecule has 0 radical (unpaired) electrons. The number of likely N-dealkylation sites (N-methyl/N-ethyl adjacent to an activating group) is 1. The SMILES string of the molecule is CNC(CN1CC(C)CC(C)C1C)c1cc(C)ccc1C. The number of aryl methyl sites for hydroxylation is 2. The van der Waals surface area contributed by atoms with E-state index in [1.165, 1.54) is 29.7 Å². The monoisotopic (exact) mass is 288 g/mol. The second-order valence-electron chi connectivity index (χ2n) is 7.21. The molecule has 1 aromatic carbocycles. The Balaban J connectivity index is 2.16. The lowest BCUT2D eigenvalue weighted by atomic mass is 9.85. The average Bonchev–Trinajstić information content (AvgIpc) is 2.44. The maximum absolute atomic E-state index is 3.54. The molecule has 0 saturated carbocycles. The standard InChI is InChI=1S/C19H32N2/c1-13-7-8-15(3)18(10-13)19(20-6)12-21-11-14(2)9-16(4)17(21)5/h7-8,10,14,16-17,19-20H,9,11-12H2,1-6H3. The number of nitrogens with zero attached hydrogens (tertiary/aromatic N) is 1. The lowest BCUT2D eigenvalue weighted by Crippen LogP contribution is -2.48. The van der Waals surface area contributed by atoms with Crippen LogP contribution in [0.1, 0.15) is 49.9 Å². The fraction of sp³-hybridized carbons (Fsp3) is 0.684. The molecule has 4 unspecified atom stereocenters. The van der Waals surface area contributed by atoms with Crippen LogP contribution < -0.4 is 5.32 Å². The Hall–Kier alpha value is -0.860. The number of likely N-dealkylation sites (tertiary alicyclic amines) is 1. The van der Waals surface area contributed by atoms with Crippen molar-refractivity contribution in [2.45, 2.75) is 53.1 Å². The van der Waals surface area contributed by atoms with Gasteiger partial charge in [0.15, 0.2) is 0 Å². The molecular formula is C19H32N2. The highest BCUT2D eigenvalue weighted by atomic mass is 15.2. The number of benzene rings is 1. The van der Waals surface area contributed by atoms with Gasteiger partial charge in [-0.05, 0) is 57.2 Å². The number of hydrogen-bond acceptors (Lipinski definition) is 2. The van der Waals surface area contributed by atoms with Gasteiger partial charge in [-0.2, -0.15) is 0 Å². The number of piperidine rings is 1. The summed E-state index contributed by atoms with van der Waals surface area (Å²) < 4.78 is 0. The molecule has 1 saturated heterocycles. The molecule has 1 N–H and O–H groups in total. The Morgan fingerprint density at radius 3 is 2.62 bits per heavy atom. The molecule has 1 aromatic rings. The minimum absolute atomic E-state index is 0.421. The zero-order chi connectivity index (χ0) is 15.6. The maximum atomic E-state index is 3.54. The van der Waals surface area contributed by atoms with Gasteiger partial charge in [0.2, 0.25) is 0 Å². The van der Waals surface area contributed by atoms with E-state index in [0.29, 0.717) is 12.1 Å². The first-order chi connectivity index (χ1) is 9.92. The molecule has 2 nitrogen and oxygen atoms in total. The Kier molecular flexibility index (Phi) is 5.45. The molecule has 1 aliphatic heterocycles. The van der Waals surface area contributed by atoms with Crippen molar-refractivity contribution < 1.29 is 0 Å². The minimum Gasteiger partial charge on any atom is -0.312 e. The summed E-state index contributed by atoms with van der Waals surface area (Å²) >= 11 is 0. The van der Waals surface area contributed by atoms with Gasteiger partial charge in [0.25, 0.3) is 0 Å². The van der Waals surface area contributed by atoms with E-state index >= 15 is 0 Å². The van der Waals surface area contributed by atoms with Crippen molar-refractivity contribution in [3.05, 3.63) is 34.9 Å². The van der Waals surface area contributed by atoms with Crippen molar-refractivity contribution in [3.8, 4) is 0 Å². The van der Waals surface area contributed by atoms with Crippen molar-refractivity contribution in [1.29, 1.82) is 0 Å². The van der Waals surface area contributed by atoms with Crippen LogP contribution in [0.2, 0.25) is 0 Å². The molecule has 4 atom stereocenters. The van der Waals surface area contributed by atoms with E-state index < -0.39 is 0 Å². The first-order valence-corrected chi connectivity index (χ1v) is 8.40. The van der Waals surface area contributed by atoms with E-state index in [4.69, 9.17) is 0 Å². The predicted molar refractivity (Wildman–Crippen MR) is 91.7 cm³/mol. The van der Waals surface area contributed by atoms with Gasteiger partial charge in [-0.3, -0.25) is 4.90 Å². The zero-order valence-electron chi connectivity index (χ0n) is 14.6. The molecule has 2 heteroatoms. The van der Waals surface area contributed by atoms with Crippen molar-refractivity contribution in [2.75, 3.05) is 20.1 Å². The average molecular weight is 288 g/mol. The summed E-state index contributed by atoms with van der Waals surface area (Å²) in [4.78, 5) is 2.68. The van der Waals surface area contributed by atoms with Gasteiger partial charge in [0.05, 0.1) is 0 Å². The second-order valence-corrected chi connectivity index (χ2v) is 7.21. The van der Waals surface area contributed by atoms with Crippen LogP contribution in [0, 0.1) is 25.7 Å². The molecule has 118 valence electrons. The molecule has 1 heterocycles. The molecule has 21 heavy (non-hydrogen) atoms. The molecule has 1 fully saturated rings. The Labute approximate surface area is 130 Å². The summed E-state index contributed by atoms with van der Waals surface area (Å²) in [5, 5.41) is 3.54. The van der Waals surface area contributed by atoms with Crippen LogP contribution in [0.4, 0.5) is 0 Å². The van der Waals surface area contributed by atoms with Crippen LogP contribution in [0.3, 0.4) is 0 Å². The Morgan fingerprint density at radius 1 is 1.24 bits per heavy atom. The number of rotatable bonds is 4. The van der Waals surface area contributed by atoms with Gasteiger partial charge in [0.1, 0.15) is 0 Å². The third kappa shape index (κ3) is 3.87. The lowest BCUT2D eigenvalue weighted by molar-refractivity contribution is 0.0710. The fourth-order valence-electron chi connectivity index (χ4n) is 3.79. The molecule has 1 aliphatic rings. The van der Waals surface area contributed by atoms with Gasteiger partial charge < -0.3 is 5.32 Å². The second kappa shape index (κ2) is 6.93. The van der Waals surface area contributed by atoms with Crippen molar-refractivity contribution in [2.24, 2.45) is 11.8 Å². The van der Waals surface area contributed by atoms with E-state index in [-0.39, 0.29) is 0 Å².